The molecule has 0 atom stereocenters. The van der Waals surface area contributed by atoms with Gasteiger partial charge in [-0.2, -0.15) is 0 Å². The second-order valence-corrected chi connectivity index (χ2v) is 5.53. The van der Waals surface area contributed by atoms with Gasteiger partial charge in [0.15, 0.2) is 0 Å². The molecule has 1 amide bonds. The van der Waals surface area contributed by atoms with Crippen molar-refractivity contribution in [3.63, 3.8) is 0 Å². The summed E-state index contributed by atoms with van der Waals surface area (Å²) in [6.45, 7) is 2.24. The van der Waals surface area contributed by atoms with Gasteiger partial charge < -0.3 is 16.2 Å². The van der Waals surface area contributed by atoms with Gasteiger partial charge in [0.1, 0.15) is 0 Å². The molecule has 0 aliphatic heterocycles. The molecular weight excluding hydrogens is 264 g/mol. The zero-order chi connectivity index (χ0) is 15.2. The molecule has 0 unspecified atom stereocenters. The van der Waals surface area contributed by atoms with Gasteiger partial charge in [0.05, 0.1) is 18.2 Å². The van der Waals surface area contributed by atoms with Crippen molar-refractivity contribution >= 4 is 5.91 Å². The maximum absolute atomic E-state index is 12.4. The van der Waals surface area contributed by atoms with E-state index in [2.05, 4.69) is 17.2 Å². The maximum atomic E-state index is 12.4. The van der Waals surface area contributed by atoms with Crippen molar-refractivity contribution in [3.8, 4) is 11.8 Å². The van der Waals surface area contributed by atoms with Crippen LogP contribution in [0.1, 0.15) is 47.2 Å². The summed E-state index contributed by atoms with van der Waals surface area (Å²) in [6, 6.07) is 5.76. The smallest absolute Gasteiger partial charge is 0.252 e. The standard InChI is InChI=1S/C17H22N2O2/c1-12-4-9-16(13(11-12)3-2-10-18)17(21)19-14-5-7-15(20)8-6-14/h4,9,11,14-15,20H,5-8,10,18H2,1H3,(H,19,21). The lowest BCUT2D eigenvalue weighted by molar-refractivity contribution is 0.0867. The lowest BCUT2D eigenvalue weighted by Crippen LogP contribution is -2.38. The molecule has 1 fully saturated rings. The zero-order valence-electron chi connectivity index (χ0n) is 12.4. The third-order valence-corrected chi connectivity index (χ3v) is 3.78. The minimum Gasteiger partial charge on any atom is -0.393 e. The normalized spacial score (nSPS) is 21.3. The maximum Gasteiger partial charge on any atom is 0.252 e. The Morgan fingerprint density at radius 3 is 2.76 bits per heavy atom. The van der Waals surface area contributed by atoms with E-state index in [-0.39, 0.29) is 24.6 Å². The minimum atomic E-state index is -0.219. The molecule has 112 valence electrons. The van der Waals surface area contributed by atoms with Crippen LogP contribution in [0.3, 0.4) is 0 Å². The first-order valence-electron chi connectivity index (χ1n) is 7.38. The number of nitrogens with one attached hydrogen (secondary N) is 1. The molecule has 0 saturated heterocycles. The number of aryl methyl sites for hydroxylation is 1. The van der Waals surface area contributed by atoms with Crippen molar-refractivity contribution in [1.82, 2.24) is 5.32 Å². The Labute approximate surface area is 125 Å². The van der Waals surface area contributed by atoms with Crippen LogP contribution >= 0.6 is 0 Å². The van der Waals surface area contributed by atoms with Gasteiger partial charge in [0.25, 0.3) is 5.91 Å². The molecule has 0 bridgehead atoms. The lowest BCUT2D eigenvalue weighted by atomic mass is 9.92. The number of aliphatic hydroxyl groups is 1. The molecule has 2 rings (SSSR count). The second kappa shape index (κ2) is 7.26. The number of benzene rings is 1. The van der Waals surface area contributed by atoms with Crippen LogP contribution in [0, 0.1) is 18.8 Å². The Morgan fingerprint density at radius 1 is 1.38 bits per heavy atom. The van der Waals surface area contributed by atoms with Gasteiger partial charge in [-0.15, -0.1) is 0 Å². The summed E-state index contributed by atoms with van der Waals surface area (Å²) < 4.78 is 0. The first kappa shape index (κ1) is 15.6. The highest BCUT2D eigenvalue weighted by molar-refractivity contribution is 5.97. The van der Waals surface area contributed by atoms with Crippen LogP contribution in [0.5, 0.6) is 0 Å². The molecule has 0 spiro atoms. The molecule has 4 heteroatoms. The highest BCUT2D eigenvalue weighted by Crippen LogP contribution is 2.19. The third kappa shape index (κ3) is 4.32. The zero-order valence-corrected chi connectivity index (χ0v) is 12.4. The van der Waals surface area contributed by atoms with Gasteiger partial charge in [-0.1, -0.05) is 17.9 Å². The van der Waals surface area contributed by atoms with E-state index in [1.807, 2.05) is 25.1 Å². The van der Waals surface area contributed by atoms with E-state index in [0.717, 1.165) is 31.2 Å². The fraction of sp³-hybridized carbons (Fsp3) is 0.471. The van der Waals surface area contributed by atoms with Crippen molar-refractivity contribution in [1.29, 1.82) is 0 Å². The number of carbonyl (C=O) groups is 1. The predicted octanol–water partition coefficient (Wildman–Crippen LogP) is 1.34. The Hall–Kier alpha value is -1.83. The van der Waals surface area contributed by atoms with Gasteiger partial charge in [-0.05, 0) is 50.3 Å². The summed E-state index contributed by atoms with van der Waals surface area (Å²) >= 11 is 0. The number of rotatable bonds is 2. The van der Waals surface area contributed by atoms with Crippen LogP contribution in [0.4, 0.5) is 0 Å². The third-order valence-electron chi connectivity index (χ3n) is 3.78. The molecule has 1 aromatic rings. The van der Waals surface area contributed by atoms with Crippen LogP contribution in [0.15, 0.2) is 18.2 Å². The lowest BCUT2D eigenvalue weighted by Gasteiger charge is -2.26. The SMILES string of the molecule is Cc1ccc(C(=O)NC2CCC(O)CC2)c(C#CCN)c1. The molecule has 0 radical (unpaired) electrons. The van der Waals surface area contributed by atoms with E-state index in [1.165, 1.54) is 0 Å². The average molecular weight is 286 g/mol. The summed E-state index contributed by atoms with van der Waals surface area (Å²) in [5.74, 6) is 5.66. The van der Waals surface area contributed by atoms with Crippen LogP contribution < -0.4 is 11.1 Å². The summed E-state index contributed by atoms with van der Waals surface area (Å²) in [7, 11) is 0. The summed E-state index contributed by atoms with van der Waals surface area (Å²) in [4.78, 5) is 12.4. The molecule has 1 aromatic carbocycles. The monoisotopic (exact) mass is 286 g/mol. The summed E-state index contributed by atoms with van der Waals surface area (Å²) in [5, 5.41) is 12.5. The van der Waals surface area contributed by atoms with Crippen molar-refractivity contribution in [3.05, 3.63) is 34.9 Å². The van der Waals surface area contributed by atoms with Crippen molar-refractivity contribution in [2.75, 3.05) is 6.54 Å². The Bertz CT molecular complexity index is 564. The molecule has 4 nitrogen and oxygen atoms in total. The number of amides is 1. The molecule has 21 heavy (non-hydrogen) atoms. The van der Waals surface area contributed by atoms with Crippen molar-refractivity contribution in [2.45, 2.75) is 44.8 Å². The second-order valence-electron chi connectivity index (χ2n) is 5.53. The molecule has 0 heterocycles. The number of carbonyl (C=O) groups excluding carboxylic acids is 1. The van der Waals surface area contributed by atoms with Gasteiger partial charge in [-0.25, -0.2) is 0 Å². The Balaban J connectivity index is 2.11. The topological polar surface area (TPSA) is 75.3 Å². The molecule has 0 aromatic heterocycles. The van der Waals surface area contributed by atoms with Gasteiger partial charge >= 0.3 is 0 Å². The van der Waals surface area contributed by atoms with E-state index in [1.54, 1.807) is 0 Å². The van der Waals surface area contributed by atoms with E-state index in [9.17, 15) is 9.90 Å². The number of aliphatic hydroxyl groups excluding tert-OH is 1. The average Bonchev–Trinajstić information content (AvgIpc) is 2.47. The van der Waals surface area contributed by atoms with E-state index < -0.39 is 0 Å². The number of hydrogen-bond acceptors (Lipinski definition) is 3. The quantitative estimate of drug-likeness (QED) is 0.718. The van der Waals surface area contributed by atoms with Crippen LogP contribution in [0.2, 0.25) is 0 Å². The summed E-state index contributed by atoms with van der Waals surface area (Å²) in [5.41, 5.74) is 7.78. The molecule has 4 N–H and O–H groups in total. The highest BCUT2D eigenvalue weighted by atomic mass is 16.3. The van der Waals surface area contributed by atoms with Crippen LogP contribution in [-0.4, -0.2) is 29.7 Å². The van der Waals surface area contributed by atoms with E-state index in [4.69, 9.17) is 5.73 Å². The fourth-order valence-corrected chi connectivity index (χ4v) is 2.59. The molecule has 1 aliphatic rings. The summed E-state index contributed by atoms with van der Waals surface area (Å²) in [6.07, 6.45) is 2.92. The van der Waals surface area contributed by atoms with Crippen molar-refractivity contribution in [2.24, 2.45) is 5.73 Å². The minimum absolute atomic E-state index is 0.0993. The Kier molecular flexibility index (Phi) is 5.38. The first-order valence-corrected chi connectivity index (χ1v) is 7.38. The van der Waals surface area contributed by atoms with E-state index >= 15 is 0 Å². The molecular formula is C17H22N2O2. The Morgan fingerprint density at radius 2 is 2.10 bits per heavy atom. The van der Waals surface area contributed by atoms with Crippen LogP contribution in [0.25, 0.3) is 0 Å². The van der Waals surface area contributed by atoms with Gasteiger partial charge in [0.2, 0.25) is 0 Å². The fourth-order valence-electron chi connectivity index (χ4n) is 2.59. The molecule has 1 saturated carbocycles. The van der Waals surface area contributed by atoms with Gasteiger partial charge in [-0.3, -0.25) is 4.79 Å². The van der Waals surface area contributed by atoms with Gasteiger partial charge in [0, 0.05) is 11.6 Å². The highest BCUT2D eigenvalue weighted by Gasteiger charge is 2.22. The first-order chi connectivity index (χ1) is 10.1. The van der Waals surface area contributed by atoms with E-state index in [0.29, 0.717) is 11.1 Å². The molecule has 1 aliphatic carbocycles. The van der Waals surface area contributed by atoms with Crippen LogP contribution in [-0.2, 0) is 0 Å². The predicted molar refractivity (Wildman–Crippen MR) is 82.8 cm³/mol. The number of hydrogen-bond donors (Lipinski definition) is 3. The number of nitrogens with two attached hydrogens (primary N) is 1. The largest absolute Gasteiger partial charge is 0.393 e. The van der Waals surface area contributed by atoms with Crippen molar-refractivity contribution < 1.29 is 9.90 Å².